The van der Waals surface area contributed by atoms with Gasteiger partial charge in [0.1, 0.15) is 5.75 Å². The molecule has 1 aromatic carbocycles. The van der Waals surface area contributed by atoms with Crippen molar-refractivity contribution < 1.29 is 4.74 Å². The standard InChI is InChI=1S/C16H23BrO/c1-2-3-4-5-6-7-15(17)13-8-9-16-14(12-13)10-11-18-16/h8-9,12,15H,2-7,10-11H2,1H3. The molecule has 1 aliphatic rings. The van der Waals surface area contributed by atoms with Crippen LogP contribution in [0.5, 0.6) is 5.75 Å². The Bertz CT molecular complexity index is 375. The number of ether oxygens (including phenoxy) is 1. The van der Waals surface area contributed by atoms with Crippen LogP contribution in [0.25, 0.3) is 0 Å². The highest BCUT2D eigenvalue weighted by Gasteiger charge is 2.15. The average molecular weight is 311 g/mol. The minimum Gasteiger partial charge on any atom is -0.493 e. The molecular formula is C16H23BrO. The van der Waals surface area contributed by atoms with Gasteiger partial charge in [-0.25, -0.2) is 0 Å². The highest BCUT2D eigenvalue weighted by molar-refractivity contribution is 9.09. The molecule has 0 spiro atoms. The normalized spacial score (nSPS) is 15.2. The maximum absolute atomic E-state index is 5.54. The second kappa shape index (κ2) is 7.18. The number of hydrogen-bond donors (Lipinski definition) is 0. The summed E-state index contributed by atoms with van der Waals surface area (Å²) in [5.74, 6) is 1.08. The third kappa shape index (κ3) is 3.74. The van der Waals surface area contributed by atoms with Crippen LogP contribution in [0.15, 0.2) is 18.2 Å². The Balaban J connectivity index is 1.80. The van der Waals surface area contributed by atoms with Crippen molar-refractivity contribution in [3.8, 4) is 5.75 Å². The zero-order valence-electron chi connectivity index (χ0n) is 11.3. The smallest absolute Gasteiger partial charge is 0.122 e. The first-order chi connectivity index (χ1) is 8.81. The van der Waals surface area contributed by atoms with Crippen LogP contribution in [-0.4, -0.2) is 6.61 Å². The molecule has 0 radical (unpaired) electrons. The van der Waals surface area contributed by atoms with Gasteiger partial charge in [-0.15, -0.1) is 0 Å². The van der Waals surface area contributed by atoms with E-state index in [0.717, 1.165) is 18.8 Å². The van der Waals surface area contributed by atoms with E-state index in [1.807, 2.05) is 0 Å². The van der Waals surface area contributed by atoms with E-state index in [1.54, 1.807) is 0 Å². The zero-order chi connectivity index (χ0) is 12.8. The van der Waals surface area contributed by atoms with Crippen molar-refractivity contribution in [3.63, 3.8) is 0 Å². The maximum Gasteiger partial charge on any atom is 0.122 e. The molecule has 0 saturated heterocycles. The maximum atomic E-state index is 5.54. The number of fused-ring (bicyclic) bond motifs is 1. The molecule has 2 rings (SSSR count). The molecule has 100 valence electrons. The predicted octanol–water partition coefficient (Wildman–Crippen LogP) is 5.42. The Kier molecular flexibility index (Phi) is 5.55. The SMILES string of the molecule is CCCCCCCC(Br)c1ccc2c(c1)CCO2. The quantitative estimate of drug-likeness (QED) is 0.483. The lowest BCUT2D eigenvalue weighted by molar-refractivity contribution is 0.357. The highest BCUT2D eigenvalue weighted by Crippen LogP contribution is 2.33. The Morgan fingerprint density at radius 2 is 2.06 bits per heavy atom. The summed E-state index contributed by atoms with van der Waals surface area (Å²) in [5, 5.41) is 0. The van der Waals surface area contributed by atoms with Gasteiger partial charge in [-0.05, 0) is 23.6 Å². The van der Waals surface area contributed by atoms with Crippen molar-refractivity contribution in [3.05, 3.63) is 29.3 Å². The second-order valence-corrected chi connectivity index (χ2v) is 6.24. The van der Waals surface area contributed by atoms with E-state index in [2.05, 4.69) is 41.1 Å². The van der Waals surface area contributed by atoms with Gasteiger partial charge in [0.25, 0.3) is 0 Å². The molecule has 0 N–H and O–H groups in total. The van der Waals surface area contributed by atoms with E-state index in [1.165, 1.54) is 49.7 Å². The summed E-state index contributed by atoms with van der Waals surface area (Å²) in [6, 6.07) is 6.65. The van der Waals surface area contributed by atoms with E-state index in [4.69, 9.17) is 4.74 Å². The van der Waals surface area contributed by atoms with Crippen molar-refractivity contribution >= 4 is 15.9 Å². The fourth-order valence-corrected chi connectivity index (χ4v) is 3.10. The first-order valence-electron chi connectivity index (χ1n) is 7.21. The van der Waals surface area contributed by atoms with E-state index in [9.17, 15) is 0 Å². The topological polar surface area (TPSA) is 9.23 Å². The van der Waals surface area contributed by atoms with Gasteiger partial charge >= 0.3 is 0 Å². The van der Waals surface area contributed by atoms with Crippen molar-refractivity contribution in [2.24, 2.45) is 0 Å². The number of alkyl halides is 1. The van der Waals surface area contributed by atoms with Crippen LogP contribution in [0.3, 0.4) is 0 Å². The molecule has 0 aliphatic carbocycles. The molecule has 1 aromatic rings. The summed E-state index contributed by atoms with van der Waals surface area (Å²) in [4.78, 5) is 0.505. The molecule has 0 saturated carbocycles. The molecule has 1 atom stereocenters. The summed E-state index contributed by atoms with van der Waals surface area (Å²) in [6.07, 6.45) is 9.08. The van der Waals surface area contributed by atoms with Gasteiger partial charge in [-0.3, -0.25) is 0 Å². The lowest BCUT2D eigenvalue weighted by Gasteiger charge is -2.11. The second-order valence-electron chi connectivity index (χ2n) is 5.14. The molecule has 0 amide bonds. The number of hydrogen-bond acceptors (Lipinski definition) is 1. The van der Waals surface area contributed by atoms with E-state index in [0.29, 0.717) is 4.83 Å². The summed E-state index contributed by atoms with van der Waals surface area (Å²) >= 11 is 3.82. The molecule has 0 fully saturated rings. The molecule has 2 heteroatoms. The minimum absolute atomic E-state index is 0.505. The monoisotopic (exact) mass is 310 g/mol. The third-order valence-electron chi connectivity index (χ3n) is 3.64. The van der Waals surface area contributed by atoms with Crippen molar-refractivity contribution in [2.75, 3.05) is 6.61 Å². The molecule has 1 nitrogen and oxygen atoms in total. The summed E-state index contributed by atoms with van der Waals surface area (Å²) in [5.41, 5.74) is 2.79. The van der Waals surface area contributed by atoms with E-state index >= 15 is 0 Å². The summed E-state index contributed by atoms with van der Waals surface area (Å²) < 4.78 is 5.54. The van der Waals surface area contributed by atoms with Gasteiger partial charge in [0.05, 0.1) is 6.61 Å². The van der Waals surface area contributed by atoms with Crippen molar-refractivity contribution in [1.82, 2.24) is 0 Å². The third-order valence-corrected chi connectivity index (χ3v) is 4.62. The number of benzene rings is 1. The fourth-order valence-electron chi connectivity index (χ4n) is 2.50. The molecule has 1 unspecified atom stereocenters. The van der Waals surface area contributed by atoms with Crippen molar-refractivity contribution in [2.45, 2.75) is 56.7 Å². The van der Waals surface area contributed by atoms with Gasteiger partial charge in [-0.1, -0.05) is 67.1 Å². The van der Waals surface area contributed by atoms with E-state index < -0.39 is 0 Å². The fraction of sp³-hybridized carbons (Fsp3) is 0.625. The molecule has 0 bridgehead atoms. The van der Waals surface area contributed by atoms with Crippen LogP contribution < -0.4 is 4.74 Å². The number of halogens is 1. The highest BCUT2D eigenvalue weighted by atomic mass is 79.9. The minimum atomic E-state index is 0.505. The predicted molar refractivity (Wildman–Crippen MR) is 80.7 cm³/mol. The van der Waals surface area contributed by atoms with Crippen molar-refractivity contribution in [1.29, 1.82) is 0 Å². The van der Waals surface area contributed by atoms with Crippen LogP contribution in [-0.2, 0) is 6.42 Å². The Morgan fingerprint density at radius 1 is 1.22 bits per heavy atom. The Morgan fingerprint density at radius 3 is 2.89 bits per heavy atom. The lowest BCUT2D eigenvalue weighted by Crippen LogP contribution is -1.92. The first kappa shape index (κ1) is 13.9. The van der Waals surface area contributed by atoms with Gasteiger partial charge in [0.15, 0.2) is 0 Å². The van der Waals surface area contributed by atoms with Crippen LogP contribution in [0, 0.1) is 0 Å². The summed E-state index contributed by atoms with van der Waals surface area (Å²) in [6.45, 7) is 3.11. The van der Waals surface area contributed by atoms with Crippen LogP contribution in [0.1, 0.15) is 61.4 Å². The Labute approximate surface area is 119 Å². The molecular weight excluding hydrogens is 288 g/mol. The zero-order valence-corrected chi connectivity index (χ0v) is 12.8. The largest absolute Gasteiger partial charge is 0.493 e. The summed E-state index contributed by atoms with van der Waals surface area (Å²) in [7, 11) is 0. The van der Waals surface area contributed by atoms with Crippen LogP contribution in [0.4, 0.5) is 0 Å². The van der Waals surface area contributed by atoms with E-state index in [-0.39, 0.29) is 0 Å². The molecule has 18 heavy (non-hydrogen) atoms. The number of rotatable bonds is 7. The Hall–Kier alpha value is -0.500. The molecule has 1 aliphatic heterocycles. The molecule has 1 heterocycles. The van der Waals surface area contributed by atoms with Gasteiger partial charge in [-0.2, -0.15) is 0 Å². The van der Waals surface area contributed by atoms with Gasteiger partial charge in [0.2, 0.25) is 0 Å². The number of unbranched alkanes of at least 4 members (excludes halogenated alkanes) is 4. The van der Waals surface area contributed by atoms with Gasteiger partial charge < -0.3 is 4.74 Å². The lowest BCUT2D eigenvalue weighted by atomic mass is 10.0. The first-order valence-corrected chi connectivity index (χ1v) is 8.12. The van der Waals surface area contributed by atoms with Crippen LogP contribution >= 0.6 is 15.9 Å². The van der Waals surface area contributed by atoms with Gasteiger partial charge in [0, 0.05) is 11.2 Å². The van der Waals surface area contributed by atoms with Crippen LogP contribution in [0.2, 0.25) is 0 Å². The average Bonchev–Trinajstić information content (AvgIpc) is 2.85. The molecule has 0 aromatic heterocycles.